The number of nitrogens with zero attached hydrogens (tertiary/aromatic N) is 2. The first-order chi connectivity index (χ1) is 12.1. The fourth-order valence-electron chi connectivity index (χ4n) is 2.71. The van der Waals surface area contributed by atoms with E-state index in [4.69, 9.17) is 10.5 Å². The molecule has 1 aliphatic rings. The van der Waals surface area contributed by atoms with E-state index in [2.05, 4.69) is 15.7 Å². The van der Waals surface area contributed by atoms with Gasteiger partial charge in [-0.2, -0.15) is 5.10 Å². The number of anilines is 1. The molecule has 0 radical (unpaired) electrons. The van der Waals surface area contributed by atoms with Crippen LogP contribution in [0.15, 0.2) is 36.5 Å². The van der Waals surface area contributed by atoms with E-state index in [0.29, 0.717) is 17.1 Å². The topological polar surface area (TPSA) is 111 Å². The van der Waals surface area contributed by atoms with Crippen molar-refractivity contribution in [2.24, 2.45) is 5.73 Å². The van der Waals surface area contributed by atoms with Gasteiger partial charge >= 0.3 is 0 Å². The lowest BCUT2D eigenvalue weighted by Crippen LogP contribution is -2.32. The Morgan fingerprint density at radius 2 is 2.12 bits per heavy atom. The maximum atomic E-state index is 12.3. The number of piperidine rings is 1. The van der Waals surface area contributed by atoms with Gasteiger partial charge in [-0.15, -0.1) is 0 Å². The van der Waals surface area contributed by atoms with Crippen molar-refractivity contribution in [1.82, 2.24) is 15.1 Å². The van der Waals surface area contributed by atoms with E-state index in [9.17, 15) is 9.59 Å². The van der Waals surface area contributed by atoms with Crippen LogP contribution in [0.25, 0.3) is 0 Å². The zero-order valence-corrected chi connectivity index (χ0v) is 13.8. The summed E-state index contributed by atoms with van der Waals surface area (Å²) in [4.78, 5) is 23.0. The lowest BCUT2D eigenvalue weighted by Gasteiger charge is -2.22. The molecular formula is C17H21N5O3. The first kappa shape index (κ1) is 17.0. The third-order valence-electron chi connectivity index (χ3n) is 3.98. The van der Waals surface area contributed by atoms with Gasteiger partial charge in [0.25, 0.3) is 11.8 Å². The number of nitrogens with two attached hydrogens (primary N) is 1. The van der Waals surface area contributed by atoms with Gasteiger partial charge in [0.2, 0.25) is 0 Å². The molecule has 2 heterocycles. The van der Waals surface area contributed by atoms with Crippen LogP contribution in [0.2, 0.25) is 0 Å². The molecule has 8 nitrogen and oxygen atoms in total. The standard InChI is InChI=1S/C17H21N5O3/c18-16(23)11-25-14-5-3-12(4-6-14)20-17(24)15-7-9-22(21-15)13-2-1-8-19-10-13/h3-7,9,13,19H,1-2,8,10-11H2,(H2,18,23)(H,20,24). The quantitative estimate of drug-likeness (QED) is 0.722. The fourth-order valence-corrected chi connectivity index (χ4v) is 2.71. The van der Waals surface area contributed by atoms with Crippen LogP contribution in [-0.2, 0) is 4.79 Å². The van der Waals surface area contributed by atoms with E-state index < -0.39 is 5.91 Å². The molecule has 25 heavy (non-hydrogen) atoms. The van der Waals surface area contributed by atoms with Gasteiger partial charge in [-0.05, 0) is 49.7 Å². The molecule has 1 atom stereocenters. The van der Waals surface area contributed by atoms with Gasteiger partial charge in [-0.3, -0.25) is 14.3 Å². The predicted octanol–water partition coefficient (Wildman–Crippen LogP) is 0.924. The van der Waals surface area contributed by atoms with Crippen LogP contribution in [0.5, 0.6) is 5.75 Å². The molecule has 1 fully saturated rings. The third kappa shape index (κ3) is 4.57. The maximum Gasteiger partial charge on any atom is 0.276 e. The highest BCUT2D eigenvalue weighted by atomic mass is 16.5. The molecule has 0 bridgehead atoms. The number of primary amides is 1. The second-order valence-electron chi connectivity index (χ2n) is 5.91. The Morgan fingerprint density at radius 1 is 1.32 bits per heavy atom. The first-order valence-electron chi connectivity index (χ1n) is 8.20. The fraction of sp³-hybridized carbons (Fsp3) is 0.353. The summed E-state index contributed by atoms with van der Waals surface area (Å²) >= 11 is 0. The van der Waals surface area contributed by atoms with Crippen LogP contribution < -0.4 is 21.1 Å². The molecule has 0 saturated carbocycles. The molecule has 1 unspecified atom stereocenters. The van der Waals surface area contributed by atoms with Crippen molar-refractivity contribution in [2.75, 3.05) is 25.0 Å². The molecule has 1 saturated heterocycles. The number of amides is 2. The molecule has 8 heteroatoms. The Bertz CT molecular complexity index is 735. The van der Waals surface area contributed by atoms with Crippen molar-refractivity contribution in [2.45, 2.75) is 18.9 Å². The van der Waals surface area contributed by atoms with E-state index in [0.717, 1.165) is 25.9 Å². The Kier molecular flexibility index (Phi) is 5.30. The third-order valence-corrected chi connectivity index (χ3v) is 3.98. The summed E-state index contributed by atoms with van der Waals surface area (Å²) in [6, 6.07) is 8.70. The second-order valence-corrected chi connectivity index (χ2v) is 5.91. The molecule has 1 aromatic heterocycles. The number of hydrogen-bond acceptors (Lipinski definition) is 5. The zero-order chi connectivity index (χ0) is 17.6. The van der Waals surface area contributed by atoms with E-state index in [1.807, 2.05) is 10.9 Å². The van der Waals surface area contributed by atoms with Crippen molar-refractivity contribution in [3.63, 3.8) is 0 Å². The lowest BCUT2D eigenvalue weighted by molar-refractivity contribution is -0.119. The van der Waals surface area contributed by atoms with Gasteiger partial charge in [0, 0.05) is 18.4 Å². The average molecular weight is 343 g/mol. The van der Waals surface area contributed by atoms with Gasteiger partial charge in [0.05, 0.1) is 6.04 Å². The summed E-state index contributed by atoms with van der Waals surface area (Å²) in [7, 11) is 0. The van der Waals surface area contributed by atoms with Gasteiger partial charge in [0.15, 0.2) is 12.3 Å². The van der Waals surface area contributed by atoms with Crippen LogP contribution in [0.1, 0.15) is 29.4 Å². The molecule has 2 aromatic rings. The normalized spacial score (nSPS) is 17.0. The number of carbonyl (C=O) groups excluding carboxylic acids is 2. The molecule has 2 amide bonds. The minimum atomic E-state index is -0.541. The lowest BCUT2D eigenvalue weighted by atomic mass is 10.1. The smallest absolute Gasteiger partial charge is 0.276 e. The SMILES string of the molecule is NC(=O)COc1ccc(NC(=O)c2ccn(C3CCCNC3)n2)cc1. The summed E-state index contributed by atoms with van der Waals surface area (Å²) in [5, 5.41) is 10.5. The number of benzene rings is 1. The molecular weight excluding hydrogens is 322 g/mol. The summed E-state index contributed by atoms with van der Waals surface area (Å²) in [6.07, 6.45) is 4.01. The summed E-state index contributed by atoms with van der Waals surface area (Å²) < 4.78 is 7.02. The van der Waals surface area contributed by atoms with Gasteiger partial charge < -0.3 is 21.1 Å². The number of ether oxygens (including phenoxy) is 1. The first-order valence-corrected chi connectivity index (χ1v) is 8.20. The Morgan fingerprint density at radius 3 is 2.80 bits per heavy atom. The molecule has 1 aromatic carbocycles. The molecule has 0 spiro atoms. The van der Waals surface area contributed by atoms with E-state index in [-0.39, 0.29) is 18.6 Å². The van der Waals surface area contributed by atoms with Gasteiger partial charge in [-0.1, -0.05) is 0 Å². The van der Waals surface area contributed by atoms with Crippen LogP contribution in [-0.4, -0.2) is 41.3 Å². The van der Waals surface area contributed by atoms with Gasteiger partial charge in [0.1, 0.15) is 5.75 Å². The molecule has 3 rings (SSSR count). The van der Waals surface area contributed by atoms with Gasteiger partial charge in [-0.25, -0.2) is 0 Å². The Hall–Kier alpha value is -2.87. The van der Waals surface area contributed by atoms with E-state index in [1.165, 1.54) is 0 Å². The predicted molar refractivity (Wildman–Crippen MR) is 92.5 cm³/mol. The Balaban J connectivity index is 1.58. The summed E-state index contributed by atoms with van der Waals surface area (Å²) in [5.41, 5.74) is 6.01. The van der Waals surface area contributed by atoms with Crippen LogP contribution in [0.3, 0.4) is 0 Å². The summed E-state index contributed by atoms with van der Waals surface area (Å²) in [6.45, 7) is 1.72. The number of nitrogens with one attached hydrogen (secondary N) is 2. The second kappa shape index (κ2) is 7.80. The maximum absolute atomic E-state index is 12.3. The van der Waals surface area contributed by atoms with Crippen molar-refractivity contribution in [3.05, 3.63) is 42.2 Å². The van der Waals surface area contributed by atoms with Crippen molar-refractivity contribution in [1.29, 1.82) is 0 Å². The highest BCUT2D eigenvalue weighted by molar-refractivity contribution is 6.02. The van der Waals surface area contributed by atoms with E-state index in [1.54, 1.807) is 30.3 Å². The highest BCUT2D eigenvalue weighted by Crippen LogP contribution is 2.18. The number of hydrogen-bond donors (Lipinski definition) is 3. The highest BCUT2D eigenvalue weighted by Gasteiger charge is 2.17. The largest absolute Gasteiger partial charge is 0.484 e. The number of rotatable bonds is 6. The minimum Gasteiger partial charge on any atom is -0.484 e. The van der Waals surface area contributed by atoms with Crippen LogP contribution in [0.4, 0.5) is 5.69 Å². The minimum absolute atomic E-state index is 0.181. The molecule has 4 N–H and O–H groups in total. The number of aromatic nitrogens is 2. The Labute approximate surface area is 145 Å². The van der Waals surface area contributed by atoms with E-state index >= 15 is 0 Å². The van der Waals surface area contributed by atoms with Crippen molar-refractivity contribution in [3.8, 4) is 5.75 Å². The monoisotopic (exact) mass is 343 g/mol. The molecule has 1 aliphatic heterocycles. The molecule has 132 valence electrons. The van der Waals surface area contributed by atoms with Crippen molar-refractivity contribution < 1.29 is 14.3 Å². The van der Waals surface area contributed by atoms with Crippen molar-refractivity contribution >= 4 is 17.5 Å². The van der Waals surface area contributed by atoms with Crippen LogP contribution >= 0.6 is 0 Å². The van der Waals surface area contributed by atoms with Crippen LogP contribution in [0, 0.1) is 0 Å². The summed E-state index contributed by atoms with van der Waals surface area (Å²) in [5.74, 6) is -0.305. The molecule has 0 aliphatic carbocycles. The number of carbonyl (C=O) groups is 2. The zero-order valence-electron chi connectivity index (χ0n) is 13.8. The average Bonchev–Trinajstić information content (AvgIpc) is 3.12.